The van der Waals surface area contributed by atoms with Gasteiger partial charge in [0.25, 0.3) is 0 Å². The molecule has 1 aliphatic heterocycles. The number of methoxy groups -OCH3 is 1. The van der Waals surface area contributed by atoms with Crippen molar-refractivity contribution in [3.8, 4) is 0 Å². The minimum Gasteiger partial charge on any atom is -0.384 e. The Hall–Kier alpha value is -1.46. The zero-order chi connectivity index (χ0) is 15.3. The predicted molar refractivity (Wildman–Crippen MR) is 79.3 cm³/mol. The Balaban J connectivity index is 2.11. The lowest BCUT2D eigenvalue weighted by molar-refractivity contribution is -0.146. The first kappa shape index (κ1) is 15.9. The summed E-state index contributed by atoms with van der Waals surface area (Å²) in [7, 11) is 3.35. The van der Waals surface area contributed by atoms with Crippen LogP contribution in [0.4, 0.5) is 4.39 Å². The summed E-state index contributed by atoms with van der Waals surface area (Å²) < 4.78 is 19.0. The summed E-state index contributed by atoms with van der Waals surface area (Å²) in [5.74, 6) is -0.239. The third-order valence-corrected chi connectivity index (χ3v) is 4.15. The average Bonchev–Trinajstić information content (AvgIpc) is 2.50. The molecular weight excluding hydrogens is 271 g/mol. The first-order valence-electron chi connectivity index (χ1n) is 7.28. The number of amides is 1. The summed E-state index contributed by atoms with van der Waals surface area (Å²) in [6.07, 6.45) is 1.50. The van der Waals surface area contributed by atoms with Gasteiger partial charge in [-0.05, 0) is 32.0 Å². The van der Waals surface area contributed by atoms with Gasteiger partial charge in [0.15, 0.2) is 0 Å². The van der Waals surface area contributed by atoms with Crippen LogP contribution in [0.2, 0.25) is 0 Å². The molecule has 1 aromatic carbocycles. The Morgan fingerprint density at radius 3 is 2.67 bits per heavy atom. The van der Waals surface area contributed by atoms with Crippen molar-refractivity contribution < 1.29 is 13.9 Å². The van der Waals surface area contributed by atoms with Gasteiger partial charge < -0.3 is 15.0 Å². The number of nitrogens with zero attached hydrogens (tertiary/aromatic N) is 1. The van der Waals surface area contributed by atoms with E-state index in [1.54, 1.807) is 37.3 Å². The van der Waals surface area contributed by atoms with Crippen LogP contribution in [0.3, 0.4) is 0 Å². The molecule has 2 rings (SSSR count). The SMILES string of the molecule is COCC1(C(=O)N(C)Cc2ccccc2F)CCNCC1. The third-order valence-electron chi connectivity index (χ3n) is 4.15. The van der Waals surface area contributed by atoms with Gasteiger partial charge in [0, 0.05) is 26.3 Å². The lowest BCUT2D eigenvalue weighted by Gasteiger charge is -2.38. The van der Waals surface area contributed by atoms with E-state index in [0.717, 1.165) is 25.9 Å². The number of hydrogen-bond donors (Lipinski definition) is 1. The lowest BCUT2D eigenvalue weighted by atomic mass is 9.78. The van der Waals surface area contributed by atoms with Crippen LogP contribution in [0.25, 0.3) is 0 Å². The van der Waals surface area contributed by atoms with Crippen molar-refractivity contribution in [2.24, 2.45) is 5.41 Å². The van der Waals surface area contributed by atoms with Crippen LogP contribution in [0, 0.1) is 11.2 Å². The molecule has 1 N–H and O–H groups in total. The highest BCUT2D eigenvalue weighted by Crippen LogP contribution is 2.31. The molecule has 5 heteroatoms. The molecule has 21 heavy (non-hydrogen) atoms. The monoisotopic (exact) mass is 294 g/mol. The predicted octanol–water partition coefficient (Wildman–Crippen LogP) is 1.80. The first-order valence-corrected chi connectivity index (χ1v) is 7.28. The smallest absolute Gasteiger partial charge is 0.231 e. The van der Waals surface area contributed by atoms with Crippen molar-refractivity contribution in [3.05, 3.63) is 35.6 Å². The quantitative estimate of drug-likeness (QED) is 0.900. The van der Waals surface area contributed by atoms with Gasteiger partial charge in [0.05, 0.1) is 12.0 Å². The fraction of sp³-hybridized carbons (Fsp3) is 0.562. The van der Waals surface area contributed by atoms with Crippen molar-refractivity contribution in [3.63, 3.8) is 0 Å². The highest BCUT2D eigenvalue weighted by Gasteiger charge is 2.41. The number of nitrogens with one attached hydrogen (secondary N) is 1. The number of carbonyl (C=O) groups excluding carboxylic acids is 1. The summed E-state index contributed by atoms with van der Waals surface area (Å²) in [5, 5.41) is 3.26. The van der Waals surface area contributed by atoms with Crippen LogP contribution >= 0.6 is 0 Å². The zero-order valence-corrected chi connectivity index (χ0v) is 12.7. The maximum absolute atomic E-state index is 13.7. The number of ether oxygens (including phenoxy) is 1. The van der Waals surface area contributed by atoms with E-state index in [1.165, 1.54) is 6.07 Å². The molecule has 1 aliphatic rings. The van der Waals surface area contributed by atoms with Gasteiger partial charge in [0.1, 0.15) is 5.82 Å². The van der Waals surface area contributed by atoms with Crippen LogP contribution in [-0.2, 0) is 16.1 Å². The Morgan fingerprint density at radius 1 is 1.38 bits per heavy atom. The van der Waals surface area contributed by atoms with Crippen LogP contribution in [0.15, 0.2) is 24.3 Å². The summed E-state index contributed by atoms with van der Waals surface area (Å²) in [6.45, 7) is 2.31. The largest absolute Gasteiger partial charge is 0.384 e. The van der Waals surface area contributed by atoms with Crippen molar-refractivity contribution in [1.82, 2.24) is 10.2 Å². The van der Waals surface area contributed by atoms with E-state index in [9.17, 15) is 9.18 Å². The summed E-state index contributed by atoms with van der Waals surface area (Å²) in [5.41, 5.74) is 0.0508. The topological polar surface area (TPSA) is 41.6 Å². The fourth-order valence-electron chi connectivity index (χ4n) is 2.96. The molecular formula is C16H23FN2O2. The van der Waals surface area contributed by atoms with E-state index in [4.69, 9.17) is 4.74 Å². The van der Waals surface area contributed by atoms with Crippen molar-refractivity contribution in [2.45, 2.75) is 19.4 Å². The lowest BCUT2D eigenvalue weighted by Crippen LogP contribution is -2.50. The minimum atomic E-state index is -0.486. The molecule has 4 nitrogen and oxygen atoms in total. The summed E-state index contributed by atoms with van der Waals surface area (Å²) >= 11 is 0. The Kier molecular flexibility index (Phi) is 5.31. The molecule has 1 aromatic rings. The molecule has 0 aromatic heterocycles. The van der Waals surface area contributed by atoms with Crippen LogP contribution in [-0.4, -0.2) is 44.7 Å². The van der Waals surface area contributed by atoms with Crippen LogP contribution < -0.4 is 5.32 Å². The van der Waals surface area contributed by atoms with Gasteiger partial charge in [-0.3, -0.25) is 4.79 Å². The second kappa shape index (κ2) is 7.00. The Labute approximate surface area is 125 Å². The molecule has 1 saturated heterocycles. The molecule has 0 unspecified atom stereocenters. The molecule has 0 bridgehead atoms. The third kappa shape index (κ3) is 3.60. The molecule has 1 amide bonds. The summed E-state index contributed by atoms with van der Waals surface area (Å²) in [4.78, 5) is 14.4. The van der Waals surface area contributed by atoms with Gasteiger partial charge in [0.2, 0.25) is 5.91 Å². The van der Waals surface area contributed by atoms with Gasteiger partial charge in [-0.2, -0.15) is 0 Å². The molecule has 0 atom stereocenters. The van der Waals surface area contributed by atoms with E-state index in [1.807, 2.05) is 0 Å². The molecule has 1 heterocycles. The molecule has 116 valence electrons. The maximum Gasteiger partial charge on any atom is 0.231 e. The maximum atomic E-state index is 13.7. The number of hydrogen-bond acceptors (Lipinski definition) is 3. The van der Waals surface area contributed by atoms with E-state index >= 15 is 0 Å². The van der Waals surface area contributed by atoms with E-state index in [2.05, 4.69) is 5.32 Å². The Bertz CT molecular complexity index is 481. The van der Waals surface area contributed by atoms with Crippen LogP contribution in [0.5, 0.6) is 0 Å². The van der Waals surface area contributed by atoms with Crippen molar-refractivity contribution >= 4 is 5.91 Å². The number of benzene rings is 1. The van der Waals surface area contributed by atoms with Crippen molar-refractivity contribution in [2.75, 3.05) is 33.9 Å². The second-order valence-corrected chi connectivity index (χ2v) is 5.72. The van der Waals surface area contributed by atoms with E-state index < -0.39 is 5.41 Å². The van der Waals surface area contributed by atoms with Crippen LogP contribution in [0.1, 0.15) is 18.4 Å². The van der Waals surface area contributed by atoms with E-state index in [0.29, 0.717) is 12.2 Å². The molecule has 0 radical (unpaired) electrons. The molecule has 1 fully saturated rings. The number of piperidine rings is 1. The van der Waals surface area contributed by atoms with Crippen molar-refractivity contribution in [1.29, 1.82) is 0 Å². The van der Waals surface area contributed by atoms with Gasteiger partial charge in [-0.15, -0.1) is 0 Å². The zero-order valence-electron chi connectivity index (χ0n) is 12.7. The average molecular weight is 294 g/mol. The molecule has 0 aliphatic carbocycles. The second-order valence-electron chi connectivity index (χ2n) is 5.72. The number of rotatable bonds is 5. The molecule has 0 spiro atoms. The number of halogens is 1. The highest BCUT2D eigenvalue weighted by atomic mass is 19.1. The Morgan fingerprint density at radius 2 is 2.05 bits per heavy atom. The number of carbonyl (C=O) groups is 1. The highest BCUT2D eigenvalue weighted by molar-refractivity contribution is 5.83. The minimum absolute atomic E-state index is 0.0362. The summed E-state index contributed by atoms with van der Waals surface area (Å²) in [6, 6.07) is 6.57. The van der Waals surface area contributed by atoms with E-state index in [-0.39, 0.29) is 18.3 Å². The standard InChI is InChI=1S/C16H23FN2O2/c1-19(11-13-5-3-4-6-14(13)17)15(20)16(12-21-2)7-9-18-10-8-16/h3-6,18H,7-12H2,1-2H3. The first-order chi connectivity index (χ1) is 10.1. The fourth-order valence-corrected chi connectivity index (χ4v) is 2.96. The van der Waals surface area contributed by atoms with Gasteiger partial charge in [-0.25, -0.2) is 4.39 Å². The van der Waals surface area contributed by atoms with Gasteiger partial charge >= 0.3 is 0 Å². The molecule has 0 saturated carbocycles. The normalized spacial score (nSPS) is 17.5. The van der Waals surface area contributed by atoms with Gasteiger partial charge in [-0.1, -0.05) is 18.2 Å².